The van der Waals surface area contributed by atoms with Gasteiger partial charge < -0.3 is 24.1 Å². The van der Waals surface area contributed by atoms with E-state index in [1.807, 2.05) is 68.9 Å². The highest BCUT2D eigenvalue weighted by atomic mass is 16.5. The SMILES string of the molecule is CCOc1cc(CN2CCC(NC(=O)c3ccc(C(C)(C)C(=O)OC)cc3)CC2)cc(OCC)c1-n1cccc1. The number of hydrogen-bond donors (Lipinski definition) is 1. The van der Waals surface area contributed by atoms with Crippen LogP contribution in [0, 0.1) is 0 Å². The molecule has 1 aliphatic heterocycles. The lowest BCUT2D eigenvalue weighted by Gasteiger charge is -2.32. The summed E-state index contributed by atoms with van der Waals surface area (Å²) in [7, 11) is 1.38. The van der Waals surface area contributed by atoms with Crippen LogP contribution in [0.3, 0.4) is 0 Å². The number of rotatable bonds is 11. The smallest absolute Gasteiger partial charge is 0.315 e. The maximum atomic E-state index is 12.9. The monoisotopic (exact) mass is 547 g/mol. The predicted octanol–water partition coefficient (Wildman–Crippen LogP) is 5.12. The number of benzene rings is 2. The Morgan fingerprint density at radius 3 is 2.05 bits per heavy atom. The molecular formula is C32H41N3O5. The van der Waals surface area contributed by atoms with Crippen LogP contribution in [-0.4, -0.2) is 60.8 Å². The van der Waals surface area contributed by atoms with E-state index >= 15 is 0 Å². The van der Waals surface area contributed by atoms with Crippen LogP contribution in [0.4, 0.5) is 0 Å². The first kappa shape index (κ1) is 29.2. The molecule has 1 aliphatic rings. The van der Waals surface area contributed by atoms with Gasteiger partial charge in [-0.25, -0.2) is 0 Å². The van der Waals surface area contributed by atoms with Crippen molar-refractivity contribution in [2.45, 2.75) is 58.5 Å². The summed E-state index contributed by atoms with van der Waals surface area (Å²) in [5, 5.41) is 3.19. The predicted molar refractivity (Wildman–Crippen MR) is 155 cm³/mol. The fourth-order valence-corrected chi connectivity index (χ4v) is 5.17. The van der Waals surface area contributed by atoms with Crippen LogP contribution in [0.15, 0.2) is 60.9 Å². The number of ether oxygens (including phenoxy) is 3. The van der Waals surface area contributed by atoms with Gasteiger partial charge in [0.05, 0.1) is 25.7 Å². The molecule has 0 radical (unpaired) electrons. The van der Waals surface area contributed by atoms with E-state index in [9.17, 15) is 9.59 Å². The van der Waals surface area contributed by atoms with E-state index in [-0.39, 0.29) is 17.9 Å². The Morgan fingerprint density at radius 2 is 1.52 bits per heavy atom. The Kier molecular flexibility index (Phi) is 9.53. The standard InChI is InChI=1S/C32H41N3O5/c1-6-39-27-20-23(21-28(40-7-2)29(27)35-16-8-9-17-35)22-34-18-14-26(15-19-34)33-30(36)24-10-12-25(13-11-24)32(3,4)31(37)38-5/h8-13,16-17,20-21,26H,6-7,14-15,18-19,22H2,1-5H3,(H,33,36). The second-order valence-electron chi connectivity index (χ2n) is 10.6. The van der Waals surface area contributed by atoms with Crippen LogP contribution in [0.2, 0.25) is 0 Å². The van der Waals surface area contributed by atoms with Gasteiger partial charge in [0.2, 0.25) is 0 Å². The quantitative estimate of drug-likeness (QED) is 0.336. The van der Waals surface area contributed by atoms with Crippen molar-refractivity contribution in [3.63, 3.8) is 0 Å². The number of aromatic nitrogens is 1. The van der Waals surface area contributed by atoms with Gasteiger partial charge in [-0.1, -0.05) is 12.1 Å². The first-order chi connectivity index (χ1) is 19.3. The van der Waals surface area contributed by atoms with Gasteiger partial charge in [-0.05, 0) is 88.1 Å². The van der Waals surface area contributed by atoms with Gasteiger partial charge in [0.15, 0.2) is 0 Å². The molecule has 0 spiro atoms. The lowest BCUT2D eigenvalue weighted by Crippen LogP contribution is -2.44. The van der Waals surface area contributed by atoms with Gasteiger partial charge in [0.1, 0.15) is 17.2 Å². The molecule has 2 aromatic carbocycles. The minimum absolute atomic E-state index is 0.0933. The van der Waals surface area contributed by atoms with Crippen molar-refractivity contribution in [3.05, 3.63) is 77.6 Å². The fraction of sp³-hybridized carbons (Fsp3) is 0.438. The highest BCUT2D eigenvalue weighted by molar-refractivity contribution is 5.94. The van der Waals surface area contributed by atoms with E-state index in [1.165, 1.54) is 7.11 Å². The number of nitrogens with one attached hydrogen (secondary N) is 1. The lowest BCUT2D eigenvalue weighted by molar-refractivity contribution is -0.146. The number of amides is 1. The first-order valence-corrected chi connectivity index (χ1v) is 14.0. The second-order valence-corrected chi connectivity index (χ2v) is 10.6. The zero-order chi connectivity index (χ0) is 28.7. The molecular weight excluding hydrogens is 506 g/mol. The number of esters is 1. The van der Waals surface area contributed by atoms with Gasteiger partial charge in [0, 0.05) is 43.6 Å². The third kappa shape index (κ3) is 6.67. The molecule has 3 aromatic rings. The molecule has 4 rings (SSSR count). The summed E-state index contributed by atoms with van der Waals surface area (Å²) in [6, 6.07) is 15.5. The third-order valence-electron chi connectivity index (χ3n) is 7.46. The highest BCUT2D eigenvalue weighted by Crippen LogP contribution is 2.35. The Morgan fingerprint density at radius 1 is 0.950 bits per heavy atom. The summed E-state index contributed by atoms with van der Waals surface area (Å²) in [4.78, 5) is 27.4. The summed E-state index contributed by atoms with van der Waals surface area (Å²) in [5.41, 5.74) is 2.68. The number of piperidine rings is 1. The van der Waals surface area contributed by atoms with Crippen molar-refractivity contribution >= 4 is 11.9 Å². The normalized spacial score (nSPS) is 14.5. The van der Waals surface area contributed by atoms with Gasteiger partial charge >= 0.3 is 5.97 Å². The van der Waals surface area contributed by atoms with Gasteiger partial charge in [-0.2, -0.15) is 0 Å². The zero-order valence-corrected chi connectivity index (χ0v) is 24.2. The van der Waals surface area contributed by atoms with Gasteiger partial charge in [-0.3, -0.25) is 14.5 Å². The van der Waals surface area contributed by atoms with Crippen LogP contribution in [-0.2, 0) is 21.5 Å². The van der Waals surface area contributed by atoms with E-state index in [1.54, 1.807) is 12.1 Å². The fourth-order valence-electron chi connectivity index (χ4n) is 5.17. The minimum Gasteiger partial charge on any atom is -0.492 e. The second kappa shape index (κ2) is 13.0. The molecule has 214 valence electrons. The van der Waals surface area contributed by atoms with Crippen molar-refractivity contribution in [3.8, 4) is 17.2 Å². The number of methoxy groups -OCH3 is 1. The van der Waals surface area contributed by atoms with E-state index < -0.39 is 5.41 Å². The summed E-state index contributed by atoms with van der Waals surface area (Å²) in [6.07, 6.45) is 5.74. The van der Waals surface area contributed by atoms with Gasteiger partial charge in [0.25, 0.3) is 5.91 Å². The minimum atomic E-state index is -0.772. The number of nitrogens with zero attached hydrogens (tertiary/aromatic N) is 2. The summed E-state index contributed by atoms with van der Waals surface area (Å²) in [5.74, 6) is 1.21. The van der Waals surface area contributed by atoms with Gasteiger partial charge in [-0.15, -0.1) is 0 Å². The number of carbonyl (C=O) groups excluding carboxylic acids is 2. The largest absolute Gasteiger partial charge is 0.492 e. The number of likely N-dealkylation sites (tertiary alicyclic amines) is 1. The van der Waals surface area contributed by atoms with Crippen LogP contribution in [0.1, 0.15) is 62.0 Å². The average molecular weight is 548 g/mol. The molecule has 1 amide bonds. The molecule has 1 saturated heterocycles. The Labute approximate surface area is 237 Å². The average Bonchev–Trinajstić information content (AvgIpc) is 3.48. The maximum Gasteiger partial charge on any atom is 0.315 e. The Bertz CT molecular complexity index is 1250. The number of carbonyl (C=O) groups is 2. The Balaban J connectivity index is 1.36. The van der Waals surface area contributed by atoms with Crippen LogP contribution in [0.5, 0.6) is 11.5 Å². The zero-order valence-electron chi connectivity index (χ0n) is 24.2. The topological polar surface area (TPSA) is 82.0 Å². The molecule has 0 saturated carbocycles. The van der Waals surface area contributed by atoms with Crippen molar-refractivity contribution in [2.24, 2.45) is 0 Å². The molecule has 2 heterocycles. The van der Waals surface area contributed by atoms with Crippen LogP contribution < -0.4 is 14.8 Å². The van der Waals surface area contributed by atoms with Crippen LogP contribution >= 0.6 is 0 Å². The summed E-state index contributed by atoms with van der Waals surface area (Å²) < 4.78 is 19.0. The number of hydrogen-bond acceptors (Lipinski definition) is 6. The van der Waals surface area contributed by atoms with E-state index in [4.69, 9.17) is 14.2 Å². The van der Waals surface area contributed by atoms with Crippen molar-refractivity contribution < 1.29 is 23.8 Å². The van der Waals surface area contributed by atoms with Crippen molar-refractivity contribution in [1.29, 1.82) is 0 Å². The van der Waals surface area contributed by atoms with Crippen LogP contribution in [0.25, 0.3) is 5.69 Å². The first-order valence-electron chi connectivity index (χ1n) is 14.0. The van der Waals surface area contributed by atoms with E-state index in [2.05, 4.69) is 22.3 Å². The lowest BCUT2D eigenvalue weighted by atomic mass is 9.84. The van der Waals surface area contributed by atoms with Crippen molar-refractivity contribution in [1.82, 2.24) is 14.8 Å². The molecule has 1 aromatic heterocycles. The molecule has 1 fully saturated rings. The van der Waals surface area contributed by atoms with E-state index in [0.717, 1.165) is 60.8 Å². The molecule has 8 nitrogen and oxygen atoms in total. The molecule has 0 unspecified atom stereocenters. The molecule has 8 heteroatoms. The molecule has 0 aliphatic carbocycles. The maximum absolute atomic E-state index is 12.9. The third-order valence-corrected chi connectivity index (χ3v) is 7.46. The Hall–Kier alpha value is -3.78. The summed E-state index contributed by atoms with van der Waals surface area (Å²) in [6.45, 7) is 11.3. The molecule has 40 heavy (non-hydrogen) atoms. The summed E-state index contributed by atoms with van der Waals surface area (Å²) >= 11 is 0. The highest BCUT2D eigenvalue weighted by Gasteiger charge is 2.31. The molecule has 0 atom stereocenters. The van der Waals surface area contributed by atoms with E-state index in [0.29, 0.717) is 18.8 Å². The molecule has 1 N–H and O–H groups in total. The van der Waals surface area contributed by atoms with Crippen molar-refractivity contribution in [2.75, 3.05) is 33.4 Å². The molecule has 0 bridgehead atoms.